The largest absolute Gasteiger partial charge is 0.309 e. The first-order valence-corrected chi connectivity index (χ1v) is 18.0. The van der Waals surface area contributed by atoms with E-state index >= 15 is 0 Å². The lowest BCUT2D eigenvalue weighted by Gasteiger charge is -2.14. The van der Waals surface area contributed by atoms with Gasteiger partial charge in [-0.3, -0.25) is 0 Å². The van der Waals surface area contributed by atoms with Gasteiger partial charge in [0.1, 0.15) is 0 Å². The molecule has 11 rings (SSSR count). The predicted molar refractivity (Wildman–Crippen MR) is 217 cm³/mol. The lowest BCUT2D eigenvalue weighted by molar-refractivity contribution is 1.19. The molecule has 9 aromatic carbocycles. The van der Waals surface area contributed by atoms with Crippen LogP contribution < -0.4 is 0 Å². The molecule has 0 spiro atoms. The molecular formula is C48H29NS. The summed E-state index contributed by atoms with van der Waals surface area (Å²) < 4.78 is 5.14. The smallest absolute Gasteiger partial charge is 0.0547 e. The summed E-state index contributed by atoms with van der Waals surface area (Å²) in [6.45, 7) is 0. The molecule has 50 heavy (non-hydrogen) atoms. The Balaban J connectivity index is 1.17. The predicted octanol–water partition coefficient (Wildman–Crippen LogP) is 13.9. The SMILES string of the molecule is c1ccc(-c2cccc3c2sc2c(-c4ccc5c6ccccc6n(-c6ccc7c8ccccc8c8ccccc8c7c6)c5c4)cccc23)cc1. The van der Waals surface area contributed by atoms with Gasteiger partial charge < -0.3 is 4.57 Å². The molecule has 11 aromatic rings. The van der Waals surface area contributed by atoms with Crippen LogP contribution >= 0.6 is 11.3 Å². The molecule has 2 aromatic heterocycles. The summed E-state index contributed by atoms with van der Waals surface area (Å²) in [5.74, 6) is 0. The van der Waals surface area contributed by atoms with Crippen molar-refractivity contribution in [3.8, 4) is 27.9 Å². The number of benzene rings is 9. The molecule has 0 radical (unpaired) electrons. The van der Waals surface area contributed by atoms with Crippen LogP contribution in [0.1, 0.15) is 0 Å². The van der Waals surface area contributed by atoms with Crippen molar-refractivity contribution in [2.75, 3.05) is 0 Å². The molecule has 0 fully saturated rings. The lowest BCUT2D eigenvalue weighted by Crippen LogP contribution is -1.95. The molecule has 0 N–H and O–H groups in total. The highest BCUT2D eigenvalue weighted by atomic mass is 32.1. The second-order valence-corrected chi connectivity index (χ2v) is 14.3. The quantitative estimate of drug-likeness (QED) is 0.168. The number of thiophene rings is 1. The summed E-state index contributed by atoms with van der Waals surface area (Å²) in [4.78, 5) is 0. The van der Waals surface area contributed by atoms with E-state index in [9.17, 15) is 0 Å². The van der Waals surface area contributed by atoms with Gasteiger partial charge in [-0.15, -0.1) is 11.3 Å². The molecule has 2 heteroatoms. The molecule has 1 nitrogen and oxygen atoms in total. The summed E-state index contributed by atoms with van der Waals surface area (Å²) in [6.07, 6.45) is 0. The Morgan fingerprint density at radius 3 is 1.48 bits per heavy atom. The standard InChI is InChI=1S/C48H29NS/c1-2-12-30(13-3-1)33-19-10-21-42-43-22-11-20-34(48(43)50-47(33)42)31-24-26-41-40-18-8-9-23-45(40)49(46(41)28-31)32-25-27-39-37-16-5-4-14-35(37)36-15-6-7-17-38(36)44(39)29-32/h1-29H. The molecule has 0 aliphatic heterocycles. The van der Waals surface area contributed by atoms with E-state index in [1.807, 2.05) is 11.3 Å². The van der Waals surface area contributed by atoms with Crippen LogP contribution in [0, 0.1) is 0 Å². The molecule has 0 bridgehead atoms. The average Bonchev–Trinajstić information content (AvgIpc) is 3.74. The molecule has 232 valence electrons. The second kappa shape index (κ2) is 10.6. The van der Waals surface area contributed by atoms with E-state index in [-0.39, 0.29) is 0 Å². The van der Waals surface area contributed by atoms with Gasteiger partial charge in [0.15, 0.2) is 0 Å². The Kier molecular flexibility index (Phi) is 5.89. The fourth-order valence-electron chi connectivity index (χ4n) is 8.34. The van der Waals surface area contributed by atoms with Crippen LogP contribution in [0.25, 0.3) is 102 Å². The van der Waals surface area contributed by atoms with E-state index < -0.39 is 0 Å². The highest BCUT2D eigenvalue weighted by molar-refractivity contribution is 7.26. The van der Waals surface area contributed by atoms with Crippen molar-refractivity contribution in [2.24, 2.45) is 0 Å². The number of para-hydroxylation sites is 1. The highest BCUT2D eigenvalue weighted by Gasteiger charge is 2.18. The molecule has 0 saturated heterocycles. The molecule has 0 aliphatic rings. The van der Waals surface area contributed by atoms with Crippen molar-refractivity contribution >= 4 is 85.6 Å². The van der Waals surface area contributed by atoms with Gasteiger partial charge in [0, 0.05) is 36.6 Å². The van der Waals surface area contributed by atoms with Crippen molar-refractivity contribution < 1.29 is 0 Å². The van der Waals surface area contributed by atoms with Crippen molar-refractivity contribution in [1.29, 1.82) is 0 Å². The molecule has 0 amide bonds. The minimum Gasteiger partial charge on any atom is -0.309 e. The van der Waals surface area contributed by atoms with Gasteiger partial charge in [0.05, 0.1) is 11.0 Å². The summed E-state index contributed by atoms with van der Waals surface area (Å²) in [5, 5.41) is 12.9. The topological polar surface area (TPSA) is 4.93 Å². The zero-order chi connectivity index (χ0) is 32.8. The maximum absolute atomic E-state index is 2.47. The van der Waals surface area contributed by atoms with Gasteiger partial charge in [-0.1, -0.05) is 152 Å². The fourth-order valence-corrected chi connectivity index (χ4v) is 9.72. The molecule has 2 heterocycles. The van der Waals surface area contributed by atoms with E-state index in [0.29, 0.717) is 0 Å². The van der Waals surface area contributed by atoms with Crippen molar-refractivity contribution in [2.45, 2.75) is 0 Å². The second-order valence-electron chi connectivity index (χ2n) is 13.2. The van der Waals surface area contributed by atoms with Crippen LogP contribution in [0.15, 0.2) is 176 Å². The Morgan fingerprint density at radius 2 is 0.800 bits per heavy atom. The molecular weight excluding hydrogens is 623 g/mol. The number of hydrogen-bond donors (Lipinski definition) is 0. The molecule has 0 atom stereocenters. The zero-order valence-electron chi connectivity index (χ0n) is 27.1. The molecule has 0 saturated carbocycles. The van der Waals surface area contributed by atoms with Crippen LogP contribution in [-0.4, -0.2) is 4.57 Å². The first-order chi connectivity index (χ1) is 24.8. The van der Waals surface area contributed by atoms with E-state index in [1.165, 1.54) is 102 Å². The first kappa shape index (κ1) is 27.7. The number of nitrogens with zero attached hydrogens (tertiary/aromatic N) is 1. The number of hydrogen-bond acceptors (Lipinski definition) is 1. The Hall–Kier alpha value is -6.22. The van der Waals surface area contributed by atoms with Gasteiger partial charge in [0.2, 0.25) is 0 Å². The highest BCUT2D eigenvalue weighted by Crippen LogP contribution is 2.45. The van der Waals surface area contributed by atoms with E-state index in [0.717, 1.165) is 0 Å². The molecule has 0 unspecified atom stereocenters. The summed E-state index contributed by atoms with van der Waals surface area (Å²) in [7, 11) is 0. The summed E-state index contributed by atoms with van der Waals surface area (Å²) >= 11 is 1.91. The van der Waals surface area contributed by atoms with E-state index in [1.54, 1.807) is 0 Å². The third-order valence-corrected chi connectivity index (χ3v) is 11.9. The van der Waals surface area contributed by atoms with E-state index in [4.69, 9.17) is 0 Å². The normalized spacial score (nSPS) is 12.0. The van der Waals surface area contributed by atoms with Gasteiger partial charge in [0.25, 0.3) is 0 Å². The Morgan fingerprint density at radius 1 is 0.300 bits per heavy atom. The minimum absolute atomic E-state index is 1.17. The zero-order valence-corrected chi connectivity index (χ0v) is 27.9. The number of fused-ring (bicyclic) bond motifs is 12. The van der Waals surface area contributed by atoms with Crippen LogP contribution in [-0.2, 0) is 0 Å². The monoisotopic (exact) mass is 651 g/mol. The average molecular weight is 652 g/mol. The van der Waals surface area contributed by atoms with Gasteiger partial charge in [-0.2, -0.15) is 0 Å². The third kappa shape index (κ3) is 3.94. The third-order valence-electron chi connectivity index (χ3n) is 10.6. The maximum Gasteiger partial charge on any atom is 0.0547 e. The maximum atomic E-state index is 2.47. The van der Waals surface area contributed by atoms with Crippen molar-refractivity contribution in [3.63, 3.8) is 0 Å². The number of aromatic nitrogens is 1. The van der Waals surface area contributed by atoms with Gasteiger partial charge in [-0.25, -0.2) is 0 Å². The van der Waals surface area contributed by atoms with Crippen molar-refractivity contribution in [3.05, 3.63) is 176 Å². The number of rotatable bonds is 3. The summed E-state index contributed by atoms with van der Waals surface area (Å²) in [5.41, 5.74) is 8.67. The fraction of sp³-hybridized carbons (Fsp3) is 0. The Labute approximate surface area is 292 Å². The van der Waals surface area contributed by atoms with Crippen LogP contribution in [0.5, 0.6) is 0 Å². The summed E-state index contributed by atoms with van der Waals surface area (Å²) in [6, 6.07) is 64.9. The Bertz CT molecular complexity index is 3110. The lowest BCUT2D eigenvalue weighted by atomic mass is 9.94. The van der Waals surface area contributed by atoms with Gasteiger partial charge in [-0.05, 0) is 78.8 Å². The van der Waals surface area contributed by atoms with Crippen LogP contribution in [0.2, 0.25) is 0 Å². The van der Waals surface area contributed by atoms with Gasteiger partial charge >= 0.3 is 0 Å². The van der Waals surface area contributed by atoms with Crippen LogP contribution in [0.4, 0.5) is 0 Å². The van der Waals surface area contributed by atoms with E-state index in [2.05, 4.69) is 180 Å². The first-order valence-electron chi connectivity index (χ1n) is 17.2. The minimum atomic E-state index is 1.17. The molecule has 0 aliphatic carbocycles. The van der Waals surface area contributed by atoms with Crippen molar-refractivity contribution in [1.82, 2.24) is 4.57 Å². The van der Waals surface area contributed by atoms with Crippen LogP contribution in [0.3, 0.4) is 0 Å².